The second-order valence-electron chi connectivity index (χ2n) is 4.67. The van der Waals surface area contributed by atoms with Crippen LogP contribution in [0.1, 0.15) is 32.6 Å². The molecule has 0 saturated heterocycles. The summed E-state index contributed by atoms with van der Waals surface area (Å²) in [5.41, 5.74) is 0.618. The van der Waals surface area contributed by atoms with Gasteiger partial charge in [-0.2, -0.15) is 0 Å². The van der Waals surface area contributed by atoms with E-state index in [1.54, 1.807) is 0 Å². The SMILES string of the molecule is CCC(CC)(Cc1nc2cccc(Br)c2o1)C(=O)O. The molecular weight excluding hydrogens is 310 g/mol. The molecule has 0 atom stereocenters. The highest BCUT2D eigenvalue weighted by atomic mass is 79.9. The molecule has 0 radical (unpaired) electrons. The van der Waals surface area contributed by atoms with E-state index in [9.17, 15) is 9.90 Å². The van der Waals surface area contributed by atoms with E-state index in [1.165, 1.54) is 0 Å². The Balaban J connectivity index is 2.40. The second kappa shape index (κ2) is 5.33. The van der Waals surface area contributed by atoms with Crippen LogP contribution in [-0.2, 0) is 11.2 Å². The number of aromatic nitrogens is 1. The lowest BCUT2D eigenvalue weighted by molar-refractivity contribution is -0.149. The van der Waals surface area contributed by atoms with E-state index in [-0.39, 0.29) is 0 Å². The van der Waals surface area contributed by atoms with Crippen LogP contribution in [0.25, 0.3) is 11.1 Å². The zero-order valence-corrected chi connectivity index (χ0v) is 12.5. The van der Waals surface area contributed by atoms with E-state index in [2.05, 4.69) is 20.9 Å². The third-order valence-electron chi connectivity index (χ3n) is 3.71. The van der Waals surface area contributed by atoms with Crippen LogP contribution in [0.2, 0.25) is 0 Å². The molecule has 5 heteroatoms. The molecule has 0 aliphatic heterocycles. The Morgan fingerprint density at radius 3 is 2.63 bits per heavy atom. The van der Waals surface area contributed by atoms with Crippen LogP contribution in [0.3, 0.4) is 0 Å². The number of nitrogens with zero attached hydrogens (tertiary/aromatic N) is 1. The van der Waals surface area contributed by atoms with Crippen molar-refractivity contribution >= 4 is 33.0 Å². The summed E-state index contributed by atoms with van der Waals surface area (Å²) in [5, 5.41) is 9.44. The monoisotopic (exact) mass is 325 g/mol. The van der Waals surface area contributed by atoms with Crippen molar-refractivity contribution in [3.8, 4) is 0 Å². The van der Waals surface area contributed by atoms with Gasteiger partial charge < -0.3 is 9.52 Å². The highest BCUT2D eigenvalue weighted by molar-refractivity contribution is 9.10. The first-order chi connectivity index (χ1) is 9.02. The van der Waals surface area contributed by atoms with Crippen molar-refractivity contribution in [1.29, 1.82) is 0 Å². The van der Waals surface area contributed by atoms with Crippen LogP contribution in [-0.4, -0.2) is 16.1 Å². The lowest BCUT2D eigenvalue weighted by Gasteiger charge is -2.24. The molecule has 0 aliphatic rings. The number of rotatable bonds is 5. The molecule has 0 fully saturated rings. The summed E-state index contributed by atoms with van der Waals surface area (Å²) in [7, 11) is 0. The van der Waals surface area contributed by atoms with E-state index in [0.717, 1.165) is 9.99 Å². The Labute approximate surface area is 120 Å². The number of carboxylic acids is 1. The lowest BCUT2D eigenvalue weighted by atomic mass is 9.79. The van der Waals surface area contributed by atoms with Crippen molar-refractivity contribution in [1.82, 2.24) is 4.98 Å². The largest absolute Gasteiger partial charge is 0.481 e. The fourth-order valence-electron chi connectivity index (χ4n) is 2.20. The van der Waals surface area contributed by atoms with Gasteiger partial charge in [0.25, 0.3) is 0 Å². The Hall–Kier alpha value is -1.36. The Morgan fingerprint density at radius 1 is 1.42 bits per heavy atom. The van der Waals surface area contributed by atoms with Gasteiger partial charge in [0.1, 0.15) is 5.52 Å². The van der Waals surface area contributed by atoms with Crippen molar-refractivity contribution in [2.24, 2.45) is 5.41 Å². The molecular formula is C14H16BrNO3. The normalized spacial score (nSPS) is 11.9. The molecule has 0 bridgehead atoms. The molecule has 0 unspecified atom stereocenters. The van der Waals surface area contributed by atoms with Crippen molar-refractivity contribution < 1.29 is 14.3 Å². The summed E-state index contributed by atoms with van der Waals surface area (Å²) in [4.78, 5) is 15.9. The number of oxazole rings is 1. The quantitative estimate of drug-likeness (QED) is 0.901. The first-order valence-electron chi connectivity index (χ1n) is 6.29. The molecule has 1 N–H and O–H groups in total. The summed E-state index contributed by atoms with van der Waals surface area (Å²) in [6.45, 7) is 3.77. The maximum absolute atomic E-state index is 11.5. The Morgan fingerprint density at radius 2 is 2.11 bits per heavy atom. The summed E-state index contributed by atoms with van der Waals surface area (Å²) in [6.07, 6.45) is 1.42. The zero-order valence-electron chi connectivity index (χ0n) is 10.9. The number of halogens is 1. The molecule has 19 heavy (non-hydrogen) atoms. The molecule has 0 spiro atoms. The van der Waals surface area contributed by atoms with E-state index < -0.39 is 11.4 Å². The van der Waals surface area contributed by atoms with E-state index in [0.29, 0.717) is 30.7 Å². The average Bonchev–Trinajstić information content (AvgIpc) is 2.79. The fourth-order valence-corrected chi connectivity index (χ4v) is 2.64. The summed E-state index contributed by atoms with van der Waals surface area (Å²) in [5.74, 6) is -0.313. The molecule has 4 nitrogen and oxygen atoms in total. The molecule has 1 heterocycles. The maximum Gasteiger partial charge on any atom is 0.310 e. The molecule has 1 aromatic carbocycles. The predicted octanol–water partition coefficient (Wildman–Crippen LogP) is 4.02. The van der Waals surface area contributed by atoms with Gasteiger partial charge in [-0.1, -0.05) is 19.9 Å². The Bertz CT molecular complexity index is 602. The minimum Gasteiger partial charge on any atom is -0.481 e. The molecule has 102 valence electrons. The third kappa shape index (κ3) is 2.52. The van der Waals surface area contributed by atoms with Gasteiger partial charge >= 0.3 is 5.97 Å². The lowest BCUT2D eigenvalue weighted by Crippen LogP contribution is -2.32. The van der Waals surface area contributed by atoms with Gasteiger partial charge in [-0.3, -0.25) is 4.79 Å². The standard InChI is InChI=1S/C14H16BrNO3/c1-3-14(4-2,13(17)18)8-11-16-10-7-5-6-9(15)12(10)19-11/h5-7H,3-4,8H2,1-2H3,(H,17,18). The number of hydrogen-bond donors (Lipinski definition) is 1. The molecule has 1 aromatic heterocycles. The molecule has 0 amide bonds. The summed E-state index contributed by atoms with van der Waals surface area (Å²) in [6, 6.07) is 5.61. The number of benzene rings is 1. The van der Waals surface area contributed by atoms with Crippen molar-refractivity contribution in [3.05, 3.63) is 28.6 Å². The van der Waals surface area contributed by atoms with Crippen LogP contribution < -0.4 is 0 Å². The topological polar surface area (TPSA) is 63.3 Å². The van der Waals surface area contributed by atoms with Crippen LogP contribution in [0, 0.1) is 5.41 Å². The zero-order chi connectivity index (χ0) is 14.0. The van der Waals surface area contributed by atoms with Crippen molar-refractivity contribution in [2.75, 3.05) is 0 Å². The number of hydrogen-bond acceptors (Lipinski definition) is 3. The smallest absolute Gasteiger partial charge is 0.310 e. The third-order valence-corrected chi connectivity index (χ3v) is 4.33. The van der Waals surface area contributed by atoms with Crippen molar-refractivity contribution in [2.45, 2.75) is 33.1 Å². The van der Waals surface area contributed by atoms with Gasteiger partial charge in [-0.15, -0.1) is 0 Å². The van der Waals surface area contributed by atoms with Crippen LogP contribution in [0.15, 0.2) is 27.1 Å². The van der Waals surface area contributed by atoms with Crippen LogP contribution in [0.4, 0.5) is 0 Å². The second-order valence-corrected chi connectivity index (χ2v) is 5.52. The van der Waals surface area contributed by atoms with Crippen molar-refractivity contribution in [3.63, 3.8) is 0 Å². The Kier molecular flexibility index (Phi) is 3.94. The number of para-hydroxylation sites is 1. The van der Waals surface area contributed by atoms with E-state index in [4.69, 9.17) is 4.42 Å². The molecule has 2 aromatic rings. The number of aliphatic carboxylic acids is 1. The number of fused-ring (bicyclic) bond motifs is 1. The minimum atomic E-state index is -0.798. The van der Waals surface area contributed by atoms with E-state index in [1.807, 2.05) is 32.0 Å². The predicted molar refractivity (Wildman–Crippen MR) is 76.1 cm³/mol. The molecule has 0 saturated carbocycles. The summed E-state index contributed by atoms with van der Waals surface area (Å²) >= 11 is 3.40. The molecule has 0 aliphatic carbocycles. The molecule has 2 rings (SSSR count). The van der Waals surface area contributed by atoms with Gasteiger partial charge in [-0.05, 0) is 40.9 Å². The van der Waals surface area contributed by atoms with Crippen LogP contribution >= 0.6 is 15.9 Å². The average molecular weight is 326 g/mol. The first-order valence-corrected chi connectivity index (χ1v) is 7.09. The minimum absolute atomic E-state index is 0.316. The van der Waals surface area contributed by atoms with Gasteiger partial charge in [0.05, 0.1) is 9.89 Å². The maximum atomic E-state index is 11.5. The van der Waals surface area contributed by atoms with E-state index >= 15 is 0 Å². The van der Waals surface area contributed by atoms with Gasteiger partial charge in [0.2, 0.25) is 0 Å². The summed E-state index contributed by atoms with van der Waals surface area (Å²) < 4.78 is 6.52. The highest BCUT2D eigenvalue weighted by Crippen LogP contribution is 2.33. The van der Waals surface area contributed by atoms with Crippen LogP contribution in [0.5, 0.6) is 0 Å². The fraction of sp³-hybridized carbons (Fsp3) is 0.429. The highest BCUT2D eigenvalue weighted by Gasteiger charge is 2.36. The van der Waals surface area contributed by atoms with Gasteiger partial charge in [0, 0.05) is 6.42 Å². The first kappa shape index (κ1) is 14.1. The number of carbonyl (C=O) groups is 1. The van der Waals surface area contributed by atoms with Gasteiger partial charge in [-0.25, -0.2) is 4.98 Å². The number of carboxylic acid groups (broad SMARTS) is 1. The van der Waals surface area contributed by atoms with Gasteiger partial charge in [0.15, 0.2) is 11.5 Å².